The van der Waals surface area contributed by atoms with E-state index < -0.39 is 11.5 Å². The molecule has 0 saturated carbocycles. The minimum absolute atomic E-state index is 0.386. The Labute approximate surface area is 126 Å². The predicted octanol–water partition coefficient (Wildman–Crippen LogP) is 2.57. The summed E-state index contributed by atoms with van der Waals surface area (Å²) in [6.45, 7) is 1.94. The fourth-order valence-corrected chi connectivity index (χ4v) is 3.71. The second-order valence-electron chi connectivity index (χ2n) is 4.37. The Hall–Kier alpha value is -1.37. The number of carbonyl (C=O) groups is 1. The molecular formula is C14H16N2O2S2. The average molecular weight is 308 g/mol. The van der Waals surface area contributed by atoms with Crippen molar-refractivity contribution in [2.45, 2.75) is 16.8 Å². The molecule has 0 aliphatic rings. The van der Waals surface area contributed by atoms with E-state index in [0.29, 0.717) is 5.75 Å². The number of methoxy groups -OCH3 is 1. The van der Waals surface area contributed by atoms with Crippen LogP contribution >= 0.6 is 23.1 Å². The van der Waals surface area contributed by atoms with Crippen molar-refractivity contribution in [1.29, 1.82) is 0 Å². The maximum absolute atomic E-state index is 12.1. The molecule has 0 radical (unpaired) electrons. The first-order chi connectivity index (χ1) is 9.56. The summed E-state index contributed by atoms with van der Waals surface area (Å²) in [4.78, 5) is 16.4. The fourth-order valence-electron chi connectivity index (χ4n) is 1.75. The van der Waals surface area contributed by atoms with Gasteiger partial charge in [0.2, 0.25) is 0 Å². The molecule has 0 fully saturated rings. The number of hydrogen-bond donors (Lipinski definition) is 1. The number of carbonyl (C=O) groups excluding carboxylic acids is 1. The number of benzene rings is 1. The fraction of sp³-hybridized carbons (Fsp3) is 0.286. The Bertz CT molecular complexity index is 586. The van der Waals surface area contributed by atoms with Crippen molar-refractivity contribution in [1.82, 2.24) is 4.98 Å². The number of esters is 1. The van der Waals surface area contributed by atoms with Crippen LogP contribution in [-0.2, 0) is 15.1 Å². The summed E-state index contributed by atoms with van der Waals surface area (Å²) in [6, 6.07) is 9.28. The number of nitrogens with zero attached hydrogens (tertiary/aromatic N) is 1. The number of ether oxygens (including phenoxy) is 1. The van der Waals surface area contributed by atoms with Gasteiger partial charge in [-0.15, -0.1) is 11.3 Å². The molecule has 2 N–H and O–H groups in total. The molecule has 0 saturated heterocycles. The van der Waals surface area contributed by atoms with Gasteiger partial charge in [0.25, 0.3) is 0 Å². The second-order valence-corrected chi connectivity index (χ2v) is 6.45. The summed E-state index contributed by atoms with van der Waals surface area (Å²) in [6.07, 6.45) is 0. The van der Waals surface area contributed by atoms with Gasteiger partial charge in [0, 0.05) is 16.8 Å². The van der Waals surface area contributed by atoms with E-state index in [1.54, 1.807) is 11.3 Å². The van der Waals surface area contributed by atoms with Gasteiger partial charge in [0.05, 0.1) is 7.11 Å². The Morgan fingerprint density at radius 3 is 2.70 bits per heavy atom. The van der Waals surface area contributed by atoms with Gasteiger partial charge in [-0.3, -0.25) is 0 Å². The van der Waals surface area contributed by atoms with E-state index in [1.807, 2.05) is 42.6 Å². The van der Waals surface area contributed by atoms with Crippen LogP contribution in [0.2, 0.25) is 0 Å². The van der Waals surface area contributed by atoms with Gasteiger partial charge in [-0.25, -0.2) is 9.78 Å². The highest BCUT2D eigenvalue weighted by Gasteiger charge is 2.37. The summed E-state index contributed by atoms with van der Waals surface area (Å²) in [5, 5.41) is 1.97. The maximum atomic E-state index is 12.1. The van der Waals surface area contributed by atoms with Crippen LogP contribution in [0.4, 0.5) is 0 Å². The third-order valence-corrected chi connectivity index (χ3v) is 5.19. The van der Waals surface area contributed by atoms with Crippen molar-refractivity contribution in [3.63, 3.8) is 0 Å². The highest BCUT2D eigenvalue weighted by Crippen LogP contribution is 2.30. The standard InChI is InChI=1S/C14H16N2O2S2/c1-10-8-19-13(16-10)20-9-14(15,12(17)18-2)11-6-4-3-5-7-11/h3-8H,9,15H2,1-2H3. The first-order valence-electron chi connectivity index (χ1n) is 6.04. The van der Waals surface area contributed by atoms with Crippen LogP contribution in [0.25, 0.3) is 0 Å². The molecule has 1 heterocycles. The van der Waals surface area contributed by atoms with Crippen molar-refractivity contribution in [3.8, 4) is 0 Å². The smallest absolute Gasteiger partial charge is 0.331 e. The van der Waals surface area contributed by atoms with Crippen LogP contribution in [0.5, 0.6) is 0 Å². The number of rotatable bonds is 5. The summed E-state index contributed by atoms with van der Waals surface area (Å²) in [5.41, 5.74) is 6.86. The molecule has 1 unspecified atom stereocenters. The lowest BCUT2D eigenvalue weighted by Gasteiger charge is -2.26. The highest BCUT2D eigenvalue weighted by atomic mass is 32.2. The normalized spacial score (nSPS) is 13.8. The molecular weight excluding hydrogens is 292 g/mol. The highest BCUT2D eigenvalue weighted by molar-refractivity contribution is 8.01. The van der Waals surface area contributed by atoms with Crippen molar-refractivity contribution < 1.29 is 9.53 Å². The lowest BCUT2D eigenvalue weighted by Crippen LogP contribution is -2.48. The van der Waals surface area contributed by atoms with E-state index in [0.717, 1.165) is 15.6 Å². The quantitative estimate of drug-likeness (QED) is 0.679. The molecule has 6 heteroatoms. The topological polar surface area (TPSA) is 65.2 Å². The van der Waals surface area contributed by atoms with Crippen molar-refractivity contribution in [2.24, 2.45) is 5.73 Å². The molecule has 2 aromatic rings. The van der Waals surface area contributed by atoms with Crippen molar-refractivity contribution in [2.75, 3.05) is 12.9 Å². The number of aryl methyl sites for hydroxylation is 1. The lowest BCUT2D eigenvalue weighted by molar-refractivity contribution is -0.146. The van der Waals surface area contributed by atoms with Crippen molar-refractivity contribution >= 4 is 29.1 Å². The Morgan fingerprint density at radius 1 is 1.45 bits per heavy atom. The van der Waals surface area contributed by atoms with Crippen LogP contribution in [0, 0.1) is 6.92 Å². The van der Waals surface area contributed by atoms with Gasteiger partial charge in [-0.1, -0.05) is 42.1 Å². The van der Waals surface area contributed by atoms with Gasteiger partial charge in [-0.05, 0) is 12.5 Å². The molecule has 0 aliphatic heterocycles. The average Bonchev–Trinajstić information content (AvgIpc) is 2.90. The minimum atomic E-state index is -1.17. The molecule has 20 heavy (non-hydrogen) atoms. The third kappa shape index (κ3) is 3.20. The number of aromatic nitrogens is 1. The predicted molar refractivity (Wildman–Crippen MR) is 81.9 cm³/mol. The Kier molecular flexibility index (Phi) is 4.80. The molecule has 1 aromatic heterocycles. The zero-order valence-corrected chi connectivity index (χ0v) is 13.0. The third-order valence-electron chi connectivity index (χ3n) is 2.86. The molecule has 106 valence electrons. The van der Waals surface area contributed by atoms with Gasteiger partial charge >= 0.3 is 5.97 Å². The monoisotopic (exact) mass is 308 g/mol. The lowest BCUT2D eigenvalue weighted by atomic mass is 9.93. The van der Waals surface area contributed by atoms with Crippen LogP contribution in [0.3, 0.4) is 0 Å². The molecule has 1 atom stereocenters. The largest absolute Gasteiger partial charge is 0.467 e. The molecule has 0 aliphatic carbocycles. The SMILES string of the molecule is COC(=O)C(N)(CSc1nc(C)cs1)c1ccccc1. The van der Waals surface area contributed by atoms with Gasteiger partial charge in [0.1, 0.15) is 9.88 Å². The van der Waals surface area contributed by atoms with E-state index in [9.17, 15) is 4.79 Å². The van der Waals surface area contributed by atoms with Gasteiger partial charge in [-0.2, -0.15) is 0 Å². The van der Waals surface area contributed by atoms with Gasteiger partial charge in [0.15, 0.2) is 0 Å². The first-order valence-corrected chi connectivity index (χ1v) is 7.90. The molecule has 0 spiro atoms. The molecule has 0 bridgehead atoms. The van der Waals surface area contributed by atoms with E-state index in [-0.39, 0.29) is 0 Å². The van der Waals surface area contributed by atoms with Crippen LogP contribution in [-0.4, -0.2) is 23.8 Å². The minimum Gasteiger partial charge on any atom is -0.467 e. The first kappa shape index (κ1) is 15.0. The van der Waals surface area contributed by atoms with E-state index in [1.165, 1.54) is 18.9 Å². The number of thiazole rings is 1. The molecule has 1 aromatic carbocycles. The zero-order valence-electron chi connectivity index (χ0n) is 11.3. The summed E-state index contributed by atoms with van der Waals surface area (Å²) in [7, 11) is 1.35. The van der Waals surface area contributed by atoms with E-state index >= 15 is 0 Å². The molecule has 4 nitrogen and oxygen atoms in total. The number of thioether (sulfide) groups is 1. The van der Waals surface area contributed by atoms with Crippen LogP contribution < -0.4 is 5.73 Å². The van der Waals surface area contributed by atoms with Crippen molar-refractivity contribution in [3.05, 3.63) is 47.0 Å². The van der Waals surface area contributed by atoms with Gasteiger partial charge < -0.3 is 10.5 Å². The second kappa shape index (κ2) is 6.39. The van der Waals surface area contributed by atoms with E-state index in [2.05, 4.69) is 4.98 Å². The van der Waals surface area contributed by atoms with Crippen LogP contribution in [0.15, 0.2) is 40.1 Å². The number of hydrogen-bond acceptors (Lipinski definition) is 6. The Balaban J connectivity index is 2.22. The van der Waals surface area contributed by atoms with E-state index in [4.69, 9.17) is 10.5 Å². The Morgan fingerprint density at radius 2 is 2.15 bits per heavy atom. The maximum Gasteiger partial charge on any atom is 0.331 e. The summed E-state index contributed by atoms with van der Waals surface area (Å²) >= 11 is 3.02. The molecule has 0 amide bonds. The van der Waals surface area contributed by atoms with Crippen LogP contribution in [0.1, 0.15) is 11.3 Å². The zero-order chi connectivity index (χ0) is 14.6. The number of nitrogens with two attached hydrogens (primary N) is 1. The molecule has 2 rings (SSSR count). The summed E-state index contributed by atoms with van der Waals surface area (Å²) in [5.74, 6) is -0.0547. The summed E-state index contributed by atoms with van der Waals surface area (Å²) < 4.78 is 5.77.